The minimum Gasteiger partial charge on any atom is -0.493 e. The Morgan fingerprint density at radius 2 is 2.06 bits per heavy atom. The van der Waals surface area contributed by atoms with E-state index in [1.165, 1.54) is 0 Å². The maximum absolute atomic E-state index is 12.4. The summed E-state index contributed by atoms with van der Waals surface area (Å²) in [4.78, 5) is 12.4. The van der Waals surface area contributed by atoms with Gasteiger partial charge in [-0.3, -0.25) is 4.79 Å². The number of aryl methyl sites for hydroxylation is 1. The second-order valence-corrected chi connectivity index (χ2v) is 7.21. The molecule has 6 heteroatoms. The molecule has 0 radical (unpaired) electrons. The molecule has 0 bridgehead atoms. The van der Waals surface area contributed by atoms with E-state index in [4.69, 9.17) is 9.84 Å². The van der Waals surface area contributed by atoms with E-state index < -0.39 is 5.91 Å². The van der Waals surface area contributed by atoms with Gasteiger partial charge in [-0.05, 0) is 55.3 Å². The number of nitrogens with one attached hydrogen (secondary N) is 1. The van der Waals surface area contributed by atoms with E-state index in [2.05, 4.69) is 18.8 Å². The van der Waals surface area contributed by atoms with E-state index in [1.807, 2.05) is 67.7 Å². The van der Waals surface area contributed by atoms with E-state index in [1.54, 1.807) is 16.8 Å². The Morgan fingerprint density at radius 3 is 2.72 bits per heavy atom. The summed E-state index contributed by atoms with van der Waals surface area (Å²) in [6.07, 6.45) is 5.88. The number of aromatic nitrogens is 2. The number of carbonyl (C=O) groups excluding carboxylic acids is 1. The van der Waals surface area contributed by atoms with Crippen LogP contribution in [0.2, 0.25) is 0 Å². The maximum Gasteiger partial charge on any atom is 0.262 e. The fourth-order valence-corrected chi connectivity index (χ4v) is 3.17. The number of hydrogen-bond acceptors (Lipinski definition) is 4. The van der Waals surface area contributed by atoms with Gasteiger partial charge in [-0.25, -0.2) is 4.68 Å². The van der Waals surface area contributed by atoms with Crippen molar-refractivity contribution in [2.24, 2.45) is 0 Å². The van der Waals surface area contributed by atoms with Crippen LogP contribution in [0.4, 0.5) is 0 Å². The van der Waals surface area contributed by atoms with Gasteiger partial charge in [0.25, 0.3) is 5.91 Å². The third kappa shape index (κ3) is 5.32. The Morgan fingerprint density at radius 1 is 1.28 bits per heavy atom. The Kier molecular flexibility index (Phi) is 7.60. The number of rotatable bonds is 9. The highest BCUT2D eigenvalue weighted by atomic mass is 16.5. The normalized spacial score (nSPS) is 11.0. The zero-order valence-electron chi connectivity index (χ0n) is 18.3. The maximum atomic E-state index is 12.4. The summed E-state index contributed by atoms with van der Waals surface area (Å²) in [6, 6.07) is 17.5. The van der Waals surface area contributed by atoms with E-state index >= 15 is 0 Å². The molecule has 0 aliphatic carbocycles. The average Bonchev–Trinajstić information content (AvgIpc) is 3.24. The summed E-state index contributed by atoms with van der Waals surface area (Å²) in [5, 5.41) is 17.0. The molecule has 0 fully saturated rings. The zero-order chi connectivity index (χ0) is 22.9. The molecule has 1 heterocycles. The van der Waals surface area contributed by atoms with Crippen LogP contribution in [0.15, 0.2) is 73.0 Å². The predicted molar refractivity (Wildman–Crippen MR) is 126 cm³/mol. The molecule has 0 unspecified atom stereocenters. The predicted octanol–water partition coefficient (Wildman–Crippen LogP) is 4.85. The number of benzene rings is 2. The Labute approximate surface area is 188 Å². The van der Waals surface area contributed by atoms with Crippen molar-refractivity contribution >= 4 is 12.0 Å². The number of amides is 1. The van der Waals surface area contributed by atoms with Crippen molar-refractivity contribution in [1.82, 2.24) is 15.1 Å². The van der Waals surface area contributed by atoms with Crippen molar-refractivity contribution in [2.75, 3.05) is 13.2 Å². The molecule has 32 heavy (non-hydrogen) atoms. The molecular weight excluding hydrogens is 400 g/mol. The fourth-order valence-electron chi connectivity index (χ4n) is 3.17. The van der Waals surface area contributed by atoms with Crippen LogP contribution >= 0.6 is 0 Å². The van der Waals surface area contributed by atoms with Gasteiger partial charge in [0, 0.05) is 23.9 Å². The van der Waals surface area contributed by atoms with Crippen molar-refractivity contribution in [3.63, 3.8) is 0 Å². The van der Waals surface area contributed by atoms with E-state index in [9.17, 15) is 10.1 Å². The lowest BCUT2D eigenvalue weighted by Crippen LogP contribution is -2.24. The monoisotopic (exact) mass is 426 g/mol. The molecule has 3 rings (SSSR count). The molecule has 6 nitrogen and oxygen atoms in total. The van der Waals surface area contributed by atoms with Crippen LogP contribution in [0.3, 0.4) is 0 Å². The van der Waals surface area contributed by atoms with Crippen LogP contribution in [-0.2, 0) is 4.79 Å². The van der Waals surface area contributed by atoms with Gasteiger partial charge in [0.15, 0.2) is 0 Å². The van der Waals surface area contributed by atoms with Crippen LogP contribution in [0.1, 0.15) is 24.5 Å². The van der Waals surface area contributed by atoms with Crippen molar-refractivity contribution in [2.45, 2.75) is 20.3 Å². The van der Waals surface area contributed by atoms with Gasteiger partial charge in [0.05, 0.1) is 12.3 Å². The molecule has 0 saturated heterocycles. The first-order valence-corrected chi connectivity index (χ1v) is 10.5. The van der Waals surface area contributed by atoms with Gasteiger partial charge in [0.2, 0.25) is 0 Å². The molecule has 0 aliphatic rings. The number of nitriles is 1. The van der Waals surface area contributed by atoms with Crippen molar-refractivity contribution < 1.29 is 9.53 Å². The van der Waals surface area contributed by atoms with E-state index in [0.717, 1.165) is 29.0 Å². The number of ether oxygens (including phenoxy) is 1. The molecule has 0 saturated carbocycles. The molecule has 0 aliphatic heterocycles. The first kappa shape index (κ1) is 22.6. The van der Waals surface area contributed by atoms with Crippen LogP contribution in [0, 0.1) is 18.3 Å². The number of hydrogen-bond donors (Lipinski definition) is 1. The highest BCUT2D eigenvalue weighted by Crippen LogP contribution is 2.30. The average molecular weight is 427 g/mol. The van der Waals surface area contributed by atoms with Crippen LogP contribution < -0.4 is 10.1 Å². The van der Waals surface area contributed by atoms with Gasteiger partial charge in [-0.2, -0.15) is 10.4 Å². The highest BCUT2D eigenvalue weighted by molar-refractivity contribution is 6.02. The zero-order valence-corrected chi connectivity index (χ0v) is 18.3. The van der Waals surface area contributed by atoms with Crippen LogP contribution in [0.25, 0.3) is 23.0 Å². The Balaban J connectivity index is 2.08. The van der Waals surface area contributed by atoms with E-state index in [0.29, 0.717) is 17.9 Å². The Hall–Kier alpha value is -4.11. The lowest BCUT2D eigenvalue weighted by atomic mass is 10.0. The van der Waals surface area contributed by atoms with Crippen LogP contribution in [-0.4, -0.2) is 28.8 Å². The summed E-state index contributed by atoms with van der Waals surface area (Å²) in [6.45, 7) is 8.58. The summed E-state index contributed by atoms with van der Waals surface area (Å²) >= 11 is 0. The highest BCUT2D eigenvalue weighted by Gasteiger charge is 2.15. The van der Waals surface area contributed by atoms with Gasteiger partial charge >= 0.3 is 0 Å². The third-order valence-electron chi connectivity index (χ3n) is 4.75. The van der Waals surface area contributed by atoms with Gasteiger partial charge in [-0.1, -0.05) is 31.2 Å². The minimum absolute atomic E-state index is 0.000308. The molecule has 1 N–H and O–H groups in total. The lowest BCUT2D eigenvalue weighted by Gasteiger charge is -2.09. The van der Waals surface area contributed by atoms with Gasteiger partial charge in [-0.15, -0.1) is 6.58 Å². The number of carbonyl (C=O) groups is 1. The SMILES string of the molecule is C=CCNC(=O)/C(C#N)=C/c1cn(-c2ccccc2)nc1-c1ccc(OCCC)c(C)c1. The standard InChI is InChI=1S/C26H26N4O2/c1-4-13-28-26(31)21(17-27)16-22-18-30(23-9-7-6-8-10-23)29-25(22)20-11-12-24(19(3)15-20)32-14-5-2/h4,6-12,15-16,18H,1,5,13-14H2,2-3H3,(H,28,31)/b21-16+. The molecular formula is C26H26N4O2. The van der Waals surface area contributed by atoms with Crippen molar-refractivity contribution in [3.8, 4) is 28.8 Å². The molecule has 2 aromatic carbocycles. The third-order valence-corrected chi connectivity index (χ3v) is 4.75. The Bertz CT molecular complexity index is 1170. The first-order valence-electron chi connectivity index (χ1n) is 10.5. The second-order valence-electron chi connectivity index (χ2n) is 7.21. The second kappa shape index (κ2) is 10.8. The molecule has 162 valence electrons. The first-order chi connectivity index (χ1) is 15.6. The summed E-state index contributed by atoms with van der Waals surface area (Å²) in [5.41, 5.74) is 4.08. The number of para-hydroxylation sites is 1. The topological polar surface area (TPSA) is 79.9 Å². The van der Waals surface area contributed by atoms with E-state index in [-0.39, 0.29) is 12.1 Å². The van der Waals surface area contributed by atoms with Crippen molar-refractivity contribution in [1.29, 1.82) is 5.26 Å². The molecule has 1 aromatic heterocycles. The number of nitrogens with zero attached hydrogens (tertiary/aromatic N) is 3. The molecule has 3 aromatic rings. The smallest absolute Gasteiger partial charge is 0.262 e. The summed E-state index contributed by atoms with van der Waals surface area (Å²) in [7, 11) is 0. The van der Waals surface area contributed by atoms with Crippen LogP contribution in [0.5, 0.6) is 5.75 Å². The largest absolute Gasteiger partial charge is 0.493 e. The molecule has 0 spiro atoms. The minimum atomic E-state index is -0.453. The van der Waals surface area contributed by atoms with Gasteiger partial charge < -0.3 is 10.1 Å². The molecule has 1 amide bonds. The van der Waals surface area contributed by atoms with Gasteiger partial charge in [0.1, 0.15) is 23.1 Å². The lowest BCUT2D eigenvalue weighted by molar-refractivity contribution is -0.116. The molecule has 0 atom stereocenters. The van der Waals surface area contributed by atoms with Crippen molar-refractivity contribution in [3.05, 3.63) is 84.1 Å². The summed E-state index contributed by atoms with van der Waals surface area (Å²) in [5.74, 6) is 0.377. The fraction of sp³-hybridized carbons (Fsp3) is 0.192. The quantitative estimate of drug-likeness (QED) is 0.301. The summed E-state index contributed by atoms with van der Waals surface area (Å²) < 4.78 is 7.54.